The van der Waals surface area contributed by atoms with E-state index in [-0.39, 0.29) is 5.78 Å². The number of Topliss-reactive ketones (excluding diaryl/α,β-unsaturated/α-hetero) is 1. The van der Waals surface area contributed by atoms with Gasteiger partial charge in [-0.25, -0.2) is 0 Å². The summed E-state index contributed by atoms with van der Waals surface area (Å²) in [7, 11) is 0. The predicted molar refractivity (Wildman–Crippen MR) is 65.4 cm³/mol. The van der Waals surface area contributed by atoms with Gasteiger partial charge in [-0.2, -0.15) is 0 Å². The van der Waals surface area contributed by atoms with Crippen LogP contribution in [0.25, 0.3) is 0 Å². The summed E-state index contributed by atoms with van der Waals surface area (Å²) in [6.07, 6.45) is -0.636. The number of rotatable bonds is 5. The summed E-state index contributed by atoms with van der Waals surface area (Å²) in [4.78, 5) is 11.8. The lowest BCUT2D eigenvalue weighted by Gasteiger charge is -2.14. The summed E-state index contributed by atoms with van der Waals surface area (Å²) >= 11 is 0. The highest BCUT2D eigenvalue weighted by Gasteiger charge is 2.18. The van der Waals surface area contributed by atoms with Crippen molar-refractivity contribution in [1.82, 2.24) is 0 Å². The summed E-state index contributed by atoms with van der Waals surface area (Å²) in [5.74, 6) is 0.0561. The molecule has 86 valence electrons. The van der Waals surface area contributed by atoms with Gasteiger partial charge in [-0.1, -0.05) is 56.3 Å². The topological polar surface area (TPSA) is 37.3 Å². The zero-order valence-corrected chi connectivity index (χ0v) is 9.81. The quantitative estimate of drug-likeness (QED) is 0.609. The summed E-state index contributed by atoms with van der Waals surface area (Å²) in [6, 6.07) is 8.85. The molecule has 0 aliphatic rings. The number of hydrogen-bond donors (Lipinski definition) is 1. The number of ketones is 1. The maximum absolute atomic E-state index is 11.8. The third kappa shape index (κ3) is 3.31. The maximum atomic E-state index is 11.8. The van der Waals surface area contributed by atoms with Crippen LogP contribution in [0.2, 0.25) is 0 Å². The Morgan fingerprint density at radius 2 is 1.88 bits per heavy atom. The molecule has 1 aromatic carbocycles. The normalized spacial score (nSPS) is 12.5. The van der Waals surface area contributed by atoms with E-state index in [0.717, 1.165) is 5.57 Å². The first kappa shape index (κ1) is 12.7. The highest BCUT2D eigenvalue weighted by Crippen LogP contribution is 2.16. The van der Waals surface area contributed by atoms with Gasteiger partial charge in [0.25, 0.3) is 0 Å². The van der Waals surface area contributed by atoms with Crippen LogP contribution < -0.4 is 0 Å². The average molecular weight is 218 g/mol. The molecule has 0 aliphatic heterocycles. The molecule has 0 saturated heterocycles. The van der Waals surface area contributed by atoms with Gasteiger partial charge in [0, 0.05) is 12.0 Å². The second-order valence-electron chi connectivity index (χ2n) is 4.26. The lowest BCUT2D eigenvalue weighted by atomic mass is 9.95. The van der Waals surface area contributed by atoms with Crippen LogP contribution in [0, 0.1) is 5.92 Å². The van der Waals surface area contributed by atoms with E-state index in [2.05, 4.69) is 6.58 Å². The zero-order chi connectivity index (χ0) is 12.1. The second-order valence-corrected chi connectivity index (χ2v) is 4.26. The fourth-order valence-electron chi connectivity index (χ4n) is 1.37. The first-order valence-corrected chi connectivity index (χ1v) is 5.47. The van der Waals surface area contributed by atoms with Crippen LogP contribution in [0.5, 0.6) is 0 Å². The van der Waals surface area contributed by atoms with Crippen LogP contribution in [-0.4, -0.2) is 17.0 Å². The summed E-state index contributed by atoms with van der Waals surface area (Å²) in [5.41, 5.74) is 1.45. The SMILES string of the molecule is C=C(C[C@@H](O)C(=O)c1ccccc1)C(C)C. The zero-order valence-electron chi connectivity index (χ0n) is 9.81. The van der Waals surface area contributed by atoms with Crippen LogP contribution in [0.3, 0.4) is 0 Å². The van der Waals surface area contributed by atoms with Crippen molar-refractivity contribution >= 4 is 5.78 Å². The van der Waals surface area contributed by atoms with E-state index in [0.29, 0.717) is 17.9 Å². The van der Waals surface area contributed by atoms with Gasteiger partial charge in [-0.3, -0.25) is 4.79 Å². The van der Waals surface area contributed by atoms with E-state index in [1.54, 1.807) is 24.3 Å². The van der Waals surface area contributed by atoms with Gasteiger partial charge in [0.1, 0.15) is 6.10 Å². The number of carbonyl (C=O) groups excluding carboxylic acids is 1. The average Bonchev–Trinajstić information content (AvgIpc) is 2.28. The monoisotopic (exact) mass is 218 g/mol. The molecule has 0 heterocycles. The number of benzene rings is 1. The van der Waals surface area contributed by atoms with Gasteiger partial charge in [-0.15, -0.1) is 0 Å². The predicted octanol–water partition coefficient (Wildman–Crippen LogP) is 2.83. The van der Waals surface area contributed by atoms with Crippen LogP contribution in [0.4, 0.5) is 0 Å². The maximum Gasteiger partial charge on any atom is 0.191 e. The van der Waals surface area contributed by atoms with Crippen molar-refractivity contribution in [3.63, 3.8) is 0 Å². The van der Waals surface area contributed by atoms with Gasteiger partial charge in [0.2, 0.25) is 0 Å². The van der Waals surface area contributed by atoms with Gasteiger partial charge in [0.15, 0.2) is 5.78 Å². The third-order valence-corrected chi connectivity index (χ3v) is 2.63. The molecule has 2 heteroatoms. The minimum absolute atomic E-state index is 0.234. The molecule has 0 aromatic heterocycles. The molecular formula is C14H18O2. The second kappa shape index (κ2) is 5.61. The lowest BCUT2D eigenvalue weighted by molar-refractivity contribution is 0.0744. The molecule has 16 heavy (non-hydrogen) atoms. The van der Waals surface area contributed by atoms with Crippen molar-refractivity contribution in [2.24, 2.45) is 5.92 Å². The molecule has 0 bridgehead atoms. The van der Waals surface area contributed by atoms with Crippen molar-refractivity contribution in [2.75, 3.05) is 0 Å². The highest BCUT2D eigenvalue weighted by molar-refractivity contribution is 5.99. The first-order chi connectivity index (χ1) is 7.52. The minimum Gasteiger partial charge on any atom is -0.385 e. The molecule has 1 N–H and O–H groups in total. The number of aliphatic hydroxyl groups excluding tert-OH is 1. The van der Waals surface area contributed by atoms with E-state index in [1.807, 2.05) is 19.9 Å². The van der Waals surface area contributed by atoms with E-state index in [4.69, 9.17) is 0 Å². The van der Waals surface area contributed by atoms with Gasteiger partial charge >= 0.3 is 0 Å². The molecule has 1 atom stereocenters. The summed E-state index contributed by atoms with van der Waals surface area (Å²) in [6.45, 7) is 7.86. The Kier molecular flexibility index (Phi) is 4.44. The fraction of sp³-hybridized carbons (Fsp3) is 0.357. The molecular weight excluding hydrogens is 200 g/mol. The van der Waals surface area contributed by atoms with Gasteiger partial charge < -0.3 is 5.11 Å². The van der Waals surface area contributed by atoms with Gasteiger partial charge in [-0.05, 0) is 5.92 Å². The van der Waals surface area contributed by atoms with E-state index in [1.165, 1.54) is 0 Å². The fourth-order valence-corrected chi connectivity index (χ4v) is 1.37. The number of hydrogen-bond acceptors (Lipinski definition) is 2. The lowest BCUT2D eigenvalue weighted by Crippen LogP contribution is -2.21. The molecule has 0 fully saturated rings. The van der Waals surface area contributed by atoms with Crippen molar-refractivity contribution in [2.45, 2.75) is 26.4 Å². The molecule has 1 rings (SSSR count). The highest BCUT2D eigenvalue weighted by atomic mass is 16.3. The Labute approximate surface area is 96.6 Å². The number of carbonyl (C=O) groups is 1. The van der Waals surface area contributed by atoms with Crippen LogP contribution in [0.1, 0.15) is 30.6 Å². The molecule has 0 aliphatic carbocycles. The Hall–Kier alpha value is -1.41. The third-order valence-electron chi connectivity index (χ3n) is 2.63. The van der Waals surface area contributed by atoms with E-state index < -0.39 is 6.10 Å². The van der Waals surface area contributed by atoms with Crippen molar-refractivity contribution in [3.05, 3.63) is 48.0 Å². The molecule has 2 nitrogen and oxygen atoms in total. The Balaban J connectivity index is 2.65. The first-order valence-electron chi connectivity index (χ1n) is 5.47. The summed E-state index contributed by atoms with van der Waals surface area (Å²) < 4.78 is 0. The molecule has 0 saturated carbocycles. The molecule has 0 spiro atoms. The molecule has 0 amide bonds. The summed E-state index contributed by atoms with van der Waals surface area (Å²) in [5, 5.41) is 9.78. The smallest absolute Gasteiger partial charge is 0.191 e. The molecule has 0 radical (unpaired) electrons. The van der Waals surface area contributed by atoms with Crippen molar-refractivity contribution in [3.8, 4) is 0 Å². The Morgan fingerprint density at radius 3 is 2.38 bits per heavy atom. The van der Waals surface area contributed by atoms with Crippen LogP contribution in [0.15, 0.2) is 42.5 Å². The van der Waals surface area contributed by atoms with Gasteiger partial charge in [0.05, 0.1) is 0 Å². The molecule has 0 unspecified atom stereocenters. The molecule has 1 aromatic rings. The minimum atomic E-state index is -0.975. The van der Waals surface area contributed by atoms with Crippen molar-refractivity contribution < 1.29 is 9.90 Å². The number of aliphatic hydroxyl groups is 1. The Morgan fingerprint density at radius 1 is 1.31 bits per heavy atom. The van der Waals surface area contributed by atoms with Crippen LogP contribution >= 0.6 is 0 Å². The van der Waals surface area contributed by atoms with E-state index >= 15 is 0 Å². The Bertz CT molecular complexity index is 366. The standard InChI is InChI=1S/C14H18O2/c1-10(2)11(3)9-13(15)14(16)12-7-5-4-6-8-12/h4-8,10,13,15H,3,9H2,1-2H3/t13-/m1/s1. The van der Waals surface area contributed by atoms with E-state index in [9.17, 15) is 9.90 Å². The van der Waals surface area contributed by atoms with Crippen LogP contribution in [-0.2, 0) is 0 Å². The largest absolute Gasteiger partial charge is 0.385 e. The van der Waals surface area contributed by atoms with Crippen molar-refractivity contribution in [1.29, 1.82) is 0 Å².